The van der Waals surface area contributed by atoms with Crippen LogP contribution in [0.2, 0.25) is 5.02 Å². The Kier molecular flexibility index (Phi) is 8.15. The second-order valence-electron chi connectivity index (χ2n) is 9.07. The zero-order chi connectivity index (χ0) is 24.8. The lowest BCUT2D eigenvalue weighted by Gasteiger charge is -2.36. The summed E-state index contributed by atoms with van der Waals surface area (Å²) in [6, 6.07) is 16.3. The van der Waals surface area contributed by atoms with Crippen LogP contribution in [0.1, 0.15) is 25.3 Å². The van der Waals surface area contributed by atoms with E-state index in [0.29, 0.717) is 49.5 Å². The molecular weight excluding hydrogens is 466 g/mol. The maximum atomic E-state index is 13.2. The Labute approximate surface area is 210 Å². The number of rotatable bonds is 8. The highest BCUT2D eigenvalue weighted by molar-refractivity contribution is 6.30. The largest absolute Gasteiger partial charge is 0.344 e. The molecule has 2 heterocycles. The Balaban J connectivity index is 1.28. The number of hydrogen-bond donors (Lipinski definition) is 1. The van der Waals surface area contributed by atoms with Crippen LogP contribution in [-0.2, 0) is 22.6 Å². The number of carbonyl (C=O) groups is 2. The lowest BCUT2D eigenvalue weighted by molar-refractivity contribution is -0.139. The highest BCUT2D eigenvalue weighted by Crippen LogP contribution is 2.19. The Morgan fingerprint density at radius 2 is 1.71 bits per heavy atom. The molecular formula is C26H30ClN5O3. The van der Waals surface area contributed by atoms with Crippen molar-refractivity contribution >= 4 is 23.4 Å². The van der Waals surface area contributed by atoms with Crippen LogP contribution in [-0.4, -0.2) is 64.0 Å². The molecule has 1 atom stereocenters. The fraction of sp³-hybridized carbons (Fsp3) is 0.385. The Morgan fingerprint density at radius 3 is 2.37 bits per heavy atom. The third kappa shape index (κ3) is 6.68. The number of nitrogens with zero attached hydrogens (tertiary/aromatic N) is 4. The molecule has 1 unspecified atom stereocenters. The number of piperazine rings is 1. The van der Waals surface area contributed by atoms with Gasteiger partial charge in [0, 0.05) is 36.8 Å². The van der Waals surface area contributed by atoms with Crippen LogP contribution in [0, 0.1) is 5.92 Å². The molecule has 2 amide bonds. The maximum Gasteiger partial charge on any atom is 0.245 e. The first-order valence-corrected chi connectivity index (χ1v) is 12.2. The van der Waals surface area contributed by atoms with Crippen LogP contribution in [0.4, 0.5) is 0 Å². The van der Waals surface area contributed by atoms with Crippen LogP contribution in [0.3, 0.4) is 0 Å². The highest BCUT2D eigenvalue weighted by Gasteiger charge is 2.31. The molecule has 1 N–H and O–H groups in total. The first-order valence-electron chi connectivity index (χ1n) is 11.8. The fourth-order valence-corrected chi connectivity index (χ4v) is 4.19. The van der Waals surface area contributed by atoms with Gasteiger partial charge in [-0.1, -0.05) is 60.9 Å². The van der Waals surface area contributed by atoms with E-state index in [2.05, 4.69) is 20.4 Å². The van der Waals surface area contributed by atoms with E-state index in [1.165, 1.54) is 0 Å². The summed E-state index contributed by atoms with van der Waals surface area (Å²) in [6.45, 7) is 6.96. The highest BCUT2D eigenvalue weighted by atomic mass is 35.5. The van der Waals surface area contributed by atoms with Crippen LogP contribution < -0.4 is 5.32 Å². The predicted molar refractivity (Wildman–Crippen MR) is 134 cm³/mol. The van der Waals surface area contributed by atoms with Crippen molar-refractivity contribution in [1.82, 2.24) is 25.3 Å². The molecule has 4 rings (SSSR count). The minimum absolute atomic E-state index is 0.00932. The van der Waals surface area contributed by atoms with E-state index in [9.17, 15) is 9.59 Å². The van der Waals surface area contributed by atoms with Gasteiger partial charge in [-0.15, -0.1) is 0 Å². The smallest absolute Gasteiger partial charge is 0.245 e. The fourth-order valence-electron chi connectivity index (χ4n) is 4.07. The summed E-state index contributed by atoms with van der Waals surface area (Å²) in [5.41, 5.74) is 1.77. The molecule has 2 aromatic carbocycles. The zero-order valence-corrected chi connectivity index (χ0v) is 20.7. The number of hydrogen-bond acceptors (Lipinski definition) is 6. The minimum atomic E-state index is -0.546. The van der Waals surface area contributed by atoms with Gasteiger partial charge in [0.2, 0.25) is 23.5 Å². The van der Waals surface area contributed by atoms with Crippen molar-refractivity contribution in [3.05, 3.63) is 71.1 Å². The molecule has 35 heavy (non-hydrogen) atoms. The second-order valence-corrected chi connectivity index (χ2v) is 9.51. The molecule has 0 bridgehead atoms. The molecule has 0 spiro atoms. The number of aromatic nitrogens is 2. The van der Waals surface area contributed by atoms with Crippen molar-refractivity contribution in [3.8, 4) is 11.4 Å². The standard InChI is InChI=1S/C26H30ClN5O3/c1-18(2)24(28-22(33)16-19-6-4-3-5-7-19)26(34)32-14-12-31(13-15-32)17-23-29-25(30-35-23)20-8-10-21(27)11-9-20/h3-11,18,24H,12-17H2,1-2H3,(H,28,33). The van der Waals surface area contributed by atoms with E-state index in [1.54, 1.807) is 12.1 Å². The van der Waals surface area contributed by atoms with Gasteiger partial charge in [0.1, 0.15) is 6.04 Å². The molecule has 8 nitrogen and oxygen atoms in total. The van der Waals surface area contributed by atoms with Gasteiger partial charge in [-0.25, -0.2) is 0 Å². The lowest BCUT2D eigenvalue weighted by atomic mass is 10.0. The first-order chi connectivity index (χ1) is 16.9. The average molecular weight is 496 g/mol. The van der Waals surface area contributed by atoms with Gasteiger partial charge in [-0.2, -0.15) is 4.98 Å². The van der Waals surface area contributed by atoms with E-state index < -0.39 is 6.04 Å². The van der Waals surface area contributed by atoms with Gasteiger partial charge < -0.3 is 14.7 Å². The summed E-state index contributed by atoms with van der Waals surface area (Å²) < 4.78 is 5.42. The van der Waals surface area contributed by atoms with Crippen LogP contribution in [0.25, 0.3) is 11.4 Å². The van der Waals surface area contributed by atoms with E-state index in [-0.39, 0.29) is 24.2 Å². The summed E-state index contributed by atoms with van der Waals surface area (Å²) >= 11 is 5.94. The van der Waals surface area contributed by atoms with Crippen molar-refractivity contribution in [2.75, 3.05) is 26.2 Å². The van der Waals surface area contributed by atoms with Gasteiger partial charge in [0.15, 0.2) is 0 Å². The van der Waals surface area contributed by atoms with Gasteiger partial charge in [-0.3, -0.25) is 14.5 Å². The molecule has 9 heteroatoms. The van der Waals surface area contributed by atoms with Crippen molar-refractivity contribution < 1.29 is 14.1 Å². The SMILES string of the molecule is CC(C)C(NC(=O)Cc1ccccc1)C(=O)N1CCN(Cc2nc(-c3ccc(Cl)cc3)no2)CC1. The predicted octanol–water partition coefficient (Wildman–Crippen LogP) is 3.42. The summed E-state index contributed by atoms with van der Waals surface area (Å²) in [5, 5.41) is 7.67. The molecule has 1 aliphatic rings. The first kappa shape index (κ1) is 24.9. The third-order valence-corrected chi connectivity index (χ3v) is 6.32. The molecule has 184 valence electrons. The van der Waals surface area contributed by atoms with Crippen molar-refractivity contribution in [3.63, 3.8) is 0 Å². The van der Waals surface area contributed by atoms with Crippen molar-refractivity contribution in [2.24, 2.45) is 5.92 Å². The molecule has 0 radical (unpaired) electrons. The number of amides is 2. The Hall–Kier alpha value is -3.23. The van der Waals surface area contributed by atoms with Crippen LogP contribution >= 0.6 is 11.6 Å². The van der Waals surface area contributed by atoms with Gasteiger partial charge in [-0.05, 0) is 35.7 Å². The molecule has 1 aromatic heterocycles. The summed E-state index contributed by atoms with van der Waals surface area (Å²) in [6.07, 6.45) is 0.257. The average Bonchev–Trinajstić information content (AvgIpc) is 3.32. The van der Waals surface area contributed by atoms with Gasteiger partial charge in [0.05, 0.1) is 13.0 Å². The van der Waals surface area contributed by atoms with E-state index in [1.807, 2.05) is 61.2 Å². The normalized spacial score (nSPS) is 15.3. The number of carbonyl (C=O) groups excluding carboxylic acids is 2. The van der Waals surface area contributed by atoms with Crippen LogP contribution in [0.5, 0.6) is 0 Å². The number of nitrogens with one attached hydrogen (secondary N) is 1. The molecule has 0 aliphatic carbocycles. The molecule has 3 aromatic rings. The quantitative estimate of drug-likeness (QED) is 0.515. The van der Waals surface area contributed by atoms with Gasteiger partial charge >= 0.3 is 0 Å². The molecule has 1 fully saturated rings. The molecule has 1 saturated heterocycles. The summed E-state index contributed by atoms with van der Waals surface area (Å²) in [4.78, 5) is 34.3. The van der Waals surface area contributed by atoms with Crippen molar-refractivity contribution in [1.29, 1.82) is 0 Å². The molecule has 1 aliphatic heterocycles. The minimum Gasteiger partial charge on any atom is -0.344 e. The summed E-state index contributed by atoms with van der Waals surface area (Å²) in [7, 11) is 0. The number of halogens is 1. The van der Waals surface area contributed by atoms with Gasteiger partial charge in [0.25, 0.3) is 0 Å². The monoisotopic (exact) mass is 495 g/mol. The van der Waals surface area contributed by atoms with E-state index in [4.69, 9.17) is 16.1 Å². The third-order valence-electron chi connectivity index (χ3n) is 6.07. The summed E-state index contributed by atoms with van der Waals surface area (Å²) in [5.74, 6) is 0.864. The van der Waals surface area contributed by atoms with Crippen LogP contribution in [0.15, 0.2) is 59.1 Å². The maximum absolute atomic E-state index is 13.2. The van der Waals surface area contributed by atoms with E-state index >= 15 is 0 Å². The second kappa shape index (κ2) is 11.5. The Morgan fingerprint density at radius 1 is 1.03 bits per heavy atom. The zero-order valence-electron chi connectivity index (χ0n) is 20.0. The topological polar surface area (TPSA) is 91.6 Å². The Bertz CT molecular complexity index is 1130. The van der Waals surface area contributed by atoms with Crippen molar-refractivity contribution in [2.45, 2.75) is 32.9 Å². The number of benzene rings is 2. The lowest BCUT2D eigenvalue weighted by Crippen LogP contribution is -2.56. The molecule has 0 saturated carbocycles. The van der Waals surface area contributed by atoms with E-state index in [0.717, 1.165) is 11.1 Å².